The van der Waals surface area contributed by atoms with E-state index in [4.69, 9.17) is 4.74 Å². The van der Waals surface area contributed by atoms with Crippen molar-refractivity contribution in [1.82, 2.24) is 4.90 Å². The molecule has 3 heteroatoms. The van der Waals surface area contributed by atoms with Gasteiger partial charge in [-0.05, 0) is 25.1 Å². The molecule has 3 nitrogen and oxygen atoms in total. The molecule has 0 atom stereocenters. The molecule has 0 aliphatic heterocycles. The summed E-state index contributed by atoms with van der Waals surface area (Å²) in [6, 6.07) is 8.40. The van der Waals surface area contributed by atoms with Gasteiger partial charge in [0.05, 0.1) is 6.61 Å². The third kappa shape index (κ3) is 7.30. The Balaban J connectivity index is 0.00000191. The minimum absolute atomic E-state index is 0.786. The standard InChI is InChI=1S/C16H26N2O.C2H6/c1-5-18(12-13-19-4)11-10-14(2)15-8-6-7-9-16(15)17-3;1-2/h6-10,17H,5,11-13H2,1-4H3;1-2H3/b14-10+;. The summed E-state index contributed by atoms with van der Waals surface area (Å²) < 4.78 is 5.13. The number of rotatable bonds is 8. The Kier molecular flexibility index (Phi) is 11.6. The molecule has 1 rings (SSSR count). The number of nitrogens with one attached hydrogen (secondary N) is 1. The number of likely N-dealkylation sites (N-methyl/N-ethyl adjacent to an activating group) is 1. The molecule has 21 heavy (non-hydrogen) atoms. The van der Waals surface area contributed by atoms with Crippen molar-refractivity contribution in [1.29, 1.82) is 0 Å². The first-order valence-corrected chi connectivity index (χ1v) is 7.88. The highest BCUT2D eigenvalue weighted by molar-refractivity contribution is 5.75. The Hall–Kier alpha value is -1.32. The van der Waals surface area contributed by atoms with Crippen LogP contribution >= 0.6 is 0 Å². The van der Waals surface area contributed by atoms with Crippen molar-refractivity contribution in [3.05, 3.63) is 35.9 Å². The maximum absolute atomic E-state index is 5.13. The summed E-state index contributed by atoms with van der Waals surface area (Å²) >= 11 is 0. The first kappa shape index (κ1) is 19.7. The van der Waals surface area contributed by atoms with Gasteiger partial charge in [-0.15, -0.1) is 0 Å². The van der Waals surface area contributed by atoms with Gasteiger partial charge in [-0.2, -0.15) is 0 Å². The molecule has 0 bridgehead atoms. The fourth-order valence-corrected chi connectivity index (χ4v) is 2.02. The van der Waals surface area contributed by atoms with E-state index < -0.39 is 0 Å². The maximum atomic E-state index is 5.13. The topological polar surface area (TPSA) is 24.5 Å². The molecule has 120 valence electrons. The summed E-state index contributed by atoms with van der Waals surface area (Å²) in [6.07, 6.45) is 2.29. The van der Waals surface area contributed by atoms with Crippen LogP contribution in [0.25, 0.3) is 5.57 Å². The molecule has 1 aromatic carbocycles. The van der Waals surface area contributed by atoms with Crippen LogP contribution in [0.3, 0.4) is 0 Å². The van der Waals surface area contributed by atoms with Gasteiger partial charge in [-0.3, -0.25) is 4.90 Å². The number of nitrogens with zero attached hydrogens (tertiary/aromatic N) is 1. The third-order valence-corrected chi connectivity index (χ3v) is 3.34. The van der Waals surface area contributed by atoms with Crippen molar-refractivity contribution >= 4 is 11.3 Å². The van der Waals surface area contributed by atoms with Crippen LogP contribution in [0.2, 0.25) is 0 Å². The van der Waals surface area contributed by atoms with E-state index in [9.17, 15) is 0 Å². The average molecular weight is 292 g/mol. The maximum Gasteiger partial charge on any atom is 0.0589 e. The quantitative estimate of drug-likeness (QED) is 0.780. The summed E-state index contributed by atoms with van der Waals surface area (Å²) in [5.74, 6) is 0. The van der Waals surface area contributed by atoms with Gasteiger partial charge in [-0.1, -0.05) is 45.0 Å². The van der Waals surface area contributed by atoms with Gasteiger partial charge in [0.1, 0.15) is 0 Å². The van der Waals surface area contributed by atoms with Gasteiger partial charge in [0, 0.05) is 38.5 Å². The molecule has 0 spiro atoms. The van der Waals surface area contributed by atoms with Crippen LogP contribution in [0.15, 0.2) is 30.3 Å². The minimum atomic E-state index is 0.786. The summed E-state index contributed by atoms with van der Waals surface area (Å²) in [4.78, 5) is 2.37. The van der Waals surface area contributed by atoms with Crippen molar-refractivity contribution in [2.75, 3.05) is 45.7 Å². The Morgan fingerprint density at radius 1 is 1.29 bits per heavy atom. The van der Waals surface area contributed by atoms with Crippen molar-refractivity contribution in [3.63, 3.8) is 0 Å². The predicted octanol–water partition coefficient (Wildman–Crippen LogP) is 4.13. The van der Waals surface area contributed by atoms with E-state index in [1.54, 1.807) is 7.11 Å². The molecule has 0 fully saturated rings. The van der Waals surface area contributed by atoms with Gasteiger partial charge >= 0.3 is 0 Å². The minimum Gasteiger partial charge on any atom is -0.388 e. The third-order valence-electron chi connectivity index (χ3n) is 3.34. The highest BCUT2D eigenvalue weighted by Gasteiger charge is 2.03. The van der Waals surface area contributed by atoms with E-state index in [0.717, 1.165) is 26.2 Å². The second-order valence-corrected chi connectivity index (χ2v) is 4.57. The number of hydrogen-bond acceptors (Lipinski definition) is 3. The lowest BCUT2D eigenvalue weighted by molar-refractivity contribution is 0.157. The average Bonchev–Trinajstić information content (AvgIpc) is 2.56. The summed E-state index contributed by atoms with van der Waals surface area (Å²) in [5, 5.41) is 3.24. The molecule has 0 radical (unpaired) electrons. The van der Waals surface area contributed by atoms with E-state index in [2.05, 4.69) is 54.4 Å². The SMILES string of the molecule is CC.CCN(C/C=C(\C)c1ccccc1NC)CCOC. The van der Waals surface area contributed by atoms with Gasteiger partial charge in [0.25, 0.3) is 0 Å². The Bertz CT molecular complexity index is 402. The zero-order valence-electron chi connectivity index (χ0n) is 14.6. The highest BCUT2D eigenvalue weighted by Crippen LogP contribution is 2.22. The van der Waals surface area contributed by atoms with Crippen molar-refractivity contribution in [2.45, 2.75) is 27.7 Å². The second-order valence-electron chi connectivity index (χ2n) is 4.57. The van der Waals surface area contributed by atoms with Crippen molar-refractivity contribution in [2.24, 2.45) is 0 Å². The lowest BCUT2D eigenvalue weighted by Gasteiger charge is -2.18. The molecule has 1 N–H and O–H groups in total. The summed E-state index contributed by atoms with van der Waals surface area (Å²) in [5.41, 5.74) is 3.75. The number of hydrogen-bond donors (Lipinski definition) is 1. The zero-order chi connectivity index (χ0) is 16.1. The van der Waals surface area contributed by atoms with E-state index in [0.29, 0.717) is 0 Å². The Morgan fingerprint density at radius 2 is 1.95 bits per heavy atom. The Labute approximate surface area is 131 Å². The van der Waals surface area contributed by atoms with E-state index in [1.807, 2.05) is 20.9 Å². The molecule has 0 aromatic heterocycles. The van der Waals surface area contributed by atoms with Crippen LogP contribution in [0, 0.1) is 0 Å². The molecule has 0 unspecified atom stereocenters. The normalized spacial score (nSPS) is 11.1. The number of anilines is 1. The number of ether oxygens (including phenoxy) is 1. The number of methoxy groups -OCH3 is 1. The fourth-order valence-electron chi connectivity index (χ4n) is 2.02. The lowest BCUT2D eigenvalue weighted by Crippen LogP contribution is -2.27. The first-order valence-electron chi connectivity index (χ1n) is 7.88. The fraction of sp³-hybridized carbons (Fsp3) is 0.556. The van der Waals surface area contributed by atoms with Crippen molar-refractivity contribution < 1.29 is 4.74 Å². The summed E-state index contributed by atoms with van der Waals surface area (Å²) in [7, 11) is 3.71. The molecule has 0 aliphatic rings. The van der Waals surface area contributed by atoms with Crippen LogP contribution in [0.1, 0.15) is 33.3 Å². The number of benzene rings is 1. The number of allylic oxidation sites excluding steroid dienone is 1. The van der Waals surface area contributed by atoms with Crippen molar-refractivity contribution in [3.8, 4) is 0 Å². The smallest absolute Gasteiger partial charge is 0.0589 e. The molecule has 0 saturated heterocycles. The summed E-state index contributed by atoms with van der Waals surface area (Å²) in [6.45, 7) is 12.1. The molecule has 0 saturated carbocycles. The monoisotopic (exact) mass is 292 g/mol. The Morgan fingerprint density at radius 3 is 2.52 bits per heavy atom. The predicted molar refractivity (Wildman–Crippen MR) is 95.0 cm³/mol. The van der Waals surface area contributed by atoms with Crippen LogP contribution < -0.4 is 5.32 Å². The first-order chi connectivity index (χ1) is 10.2. The van der Waals surface area contributed by atoms with E-state index in [1.165, 1.54) is 16.8 Å². The van der Waals surface area contributed by atoms with Gasteiger partial charge in [0.15, 0.2) is 0 Å². The van der Waals surface area contributed by atoms with Gasteiger partial charge in [0.2, 0.25) is 0 Å². The van der Waals surface area contributed by atoms with E-state index in [-0.39, 0.29) is 0 Å². The highest BCUT2D eigenvalue weighted by atomic mass is 16.5. The molecule has 0 aliphatic carbocycles. The van der Waals surface area contributed by atoms with E-state index >= 15 is 0 Å². The van der Waals surface area contributed by atoms with Crippen LogP contribution in [0.5, 0.6) is 0 Å². The molecule has 0 heterocycles. The van der Waals surface area contributed by atoms with Crippen LogP contribution in [-0.4, -0.2) is 45.3 Å². The van der Waals surface area contributed by atoms with Crippen LogP contribution in [-0.2, 0) is 4.74 Å². The molecule has 1 aromatic rings. The molecule has 0 amide bonds. The molecular weight excluding hydrogens is 260 g/mol. The van der Waals surface area contributed by atoms with Crippen LogP contribution in [0.4, 0.5) is 5.69 Å². The lowest BCUT2D eigenvalue weighted by atomic mass is 10.0. The largest absolute Gasteiger partial charge is 0.388 e. The van der Waals surface area contributed by atoms with Gasteiger partial charge in [-0.25, -0.2) is 0 Å². The van der Waals surface area contributed by atoms with Gasteiger partial charge < -0.3 is 10.1 Å². The second kappa shape index (κ2) is 12.4. The molecular formula is C18H32N2O. The number of para-hydroxylation sites is 1. The zero-order valence-corrected chi connectivity index (χ0v) is 14.6.